The third-order valence-corrected chi connectivity index (χ3v) is 3.03. The summed E-state index contributed by atoms with van der Waals surface area (Å²) in [6, 6.07) is 0. The zero-order chi connectivity index (χ0) is 13.9. The Morgan fingerprint density at radius 1 is 1.28 bits per heavy atom. The Hall–Kier alpha value is -0.990. The first-order valence-electron chi connectivity index (χ1n) is 7.07. The molecule has 0 amide bonds. The summed E-state index contributed by atoms with van der Waals surface area (Å²) in [7, 11) is 0. The van der Waals surface area contributed by atoms with Gasteiger partial charge < -0.3 is 5.11 Å². The van der Waals surface area contributed by atoms with Gasteiger partial charge in [0, 0.05) is 0 Å². The summed E-state index contributed by atoms with van der Waals surface area (Å²) in [6.45, 7) is 12.9. The maximum Gasteiger partial charge on any atom is 0.160 e. The Labute approximate surface area is 111 Å². The minimum Gasteiger partial charge on any atom is -0.504 e. The van der Waals surface area contributed by atoms with Gasteiger partial charge in [-0.1, -0.05) is 27.2 Å². The van der Waals surface area contributed by atoms with Gasteiger partial charge in [0.1, 0.15) is 5.69 Å². The van der Waals surface area contributed by atoms with E-state index in [1.54, 1.807) is 0 Å². The largest absolute Gasteiger partial charge is 0.504 e. The van der Waals surface area contributed by atoms with Crippen molar-refractivity contribution in [3.63, 3.8) is 0 Å². The SMILES string of the molecule is CCCCc1c(O)c(CC(C)C)nn1C(C)(C)C. The van der Waals surface area contributed by atoms with Gasteiger partial charge in [-0.15, -0.1) is 0 Å². The van der Waals surface area contributed by atoms with Gasteiger partial charge in [0.25, 0.3) is 0 Å². The van der Waals surface area contributed by atoms with Gasteiger partial charge in [-0.05, 0) is 46.0 Å². The molecule has 0 saturated heterocycles. The third kappa shape index (κ3) is 3.50. The van der Waals surface area contributed by atoms with Crippen LogP contribution in [-0.4, -0.2) is 14.9 Å². The van der Waals surface area contributed by atoms with Gasteiger partial charge in [0.05, 0.1) is 11.2 Å². The summed E-state index contributed by atoms with van der Waals surface area (Å²) in [6.07, 6.45) is 3.98. The van der Waals surface area contributed by atoms with Crippen LogP contribution in [-0.2, 0) is 18.4 Å². The molecule has 18 heavy (non-hydrogen) atoms. The Morgan fingerprint density at radius 2 is 1.89 bits per heavy atom. The fourth-order valence-corrected chi connectivity index (χ4v) is 2.14. The summed E-state index contributed by atoms with van der Waals surface area (Å²) in [5.41, 5.74) is 1.78. The number of hydrogen-bond donors (Lipinski definition) is 1. The fourth-order valence-electron chi connectivity index (χ4n) is 2.14. The highest BCUT2D eigenvalue weighted by Gasteiger charge is 2.24. The topological polar surface area (TPSA) is 38.1 Å². The molecule has 104 valence electrons. The monoisotopic (exact) mass is 252 g/mol. The van der Waals surface area contributed by atoms with Crippen LogP contribution in [0.15, 0.2) is 0 Å². The second kappa shape index (κ2) is 5.77. The minimum atomic E-state index is -0.0736. The molecule has 0 spiro atoms. The van der Waals surface area contributed by atoms with E-state index in [-0.39, 0.29) is 5.54 Å². The van der Waals surface area contributed by atoms with Crippen molar-refractivity contribution in [2.45, 2.75) is 72.8 Å². The van der Waals surface area contributed by atoms with Crippen LogP contribution in [0.25, 0.3) is 0 Å². The highest BCUT2D eigenvalue weighted by atomic mass is 16.3. The van der Waals surface area contributed by atoms with Crippen molar-refractivity contribution in [3.05, 3.63) is 11.4 Å². The Bertz CT molecular complexity index is 386. The van der Waals surface area contributed by atoms with Crippen molar-refractivity contribution in [1.29, 1.82) is 0 Å². The van der Waals surface area contributed by atoms with E-state index in [0.717, 1.165) is 37.1 Å². The van der Waals surface area contributed by atoms with E-state index in [9.17, 15) is 5.11 Å². The third-order valence-electron chi connectivity index (χ3n) is 3.03. The lowest BCUT2D eigenvalue weighted by Gasteiger charge is -2.22. The maximum absolute atomic E-state index is 10.4. The number of hydrogen-bond acceptors (Lipinski definition) is 2. The van der Waals surface area contributed by atoms with Crippen LogP contribution in [0.2, 0.25) is 0 Å². The second-order valence-corrected chi connectivity index (χ2v) is 6.53. The first-order valence-corrected chi connectivity index (χ1v) is 7.07. The van der Waals surface area contributed by atoms with Crippen LogP contribution in [0.1, 0.15) is 65.8 Å². The smallest absolute Gasteiger partial charge is 0.160 e. The first kappa shape index (κ1) is 15.1. The summed E-state index contributed by atoms with van der Waals surface area (Å²) in [5, 5.41) is 15.0. The average molecular weight is 252 g/mol. The van der Waals surface area contributed by atoms with Gasteiger partial charge in [0.15, 0.2) is 5.75 Å². The number of nitrogens with zero attached hydrogens (tertiary/aromatic N) is 2. The van der Waals surface area contributed by atoms with Crippen molar-refractivity contribution in [2.75, 3.05) is 0 Å². The number of aromatic nitrogens is 2. The molecule has 0 aliphatic rings. The summed E-state index contributed by atoms with van der Waals surface area (Å²) in [5.74, 6) is 0.935. The number of aromatic hydroxyl groups is 1. The summed E-state index contributed by atoms with van der Waals surface area (Å²) >= 11 is 0. The van der Waals surface area contributed by atoms with Crippen molar-refractivity contribution in [1.82, 2.24) is 9.78 Å². The predicted octanol–water partition coefficient (Wildman–Crippen LogP) is 3.88. The Morgan fingerprint density at radius 3 is 2.33 bits per heavy atom. The molecule has 1 rings (SSSR count). The van der Waals surface area contributed by atoms with E-state index in [2.05, 4.69) is 46.6 Å². The van der Waals surface area contributed by atoms with Gasteiger partial charge in [-0.2, -0.15) is 5.10 Å². The van der Waals surface area contributed by atoms with Crippen LogP contribution in [0.3, 0.4) is 0 Å². The van der Waals surface area contributed by atoms with Crippen molar-refractivity contribution in [3.8, 4) is 5.75 Å². The highest BCUT2D eigenvalue weighted by molar-refractivity contribution is 5.33. The standard InChI is InChI=1S/C15H28N2O/c1-7-8-9-13-14(18)12(10-11(2)3)16-17(13)15(4,5)6/h11,18H,7-10H2,1-6H3. The molecule has 3 nitrogen and oxygen atoms in total. The molecule has 3 heteroatoms. The second-order valence-electron chi connectivity index (χ2n) is 6.53. The molecular weight excluding hydrogens is 224 g/mol. The van der Waals surface area contributed by atoms with E-state index in [1.807, 2.05) is 4.68 Å². The quantitative estimate of drug-likeness (QED) is 0.863. The Balaban J connectivity index is 3.14. The molecule has 0 aliphatic heterocycles. The van der Waals surface area contributed by atoms with Crippen LogP contribution in [0, 0.1) is 5.92 Å². The summed E-state index contributed by atoms with van der Waals surface area (Å²) in [4.78, 5) is 0. The van der Waals surface area contributed by atoms with E-state index in [4.69, 9.17) is 0 Å². The first-order chi connectivity index (χ1) is 8.27. The van der Waals surface area contributed by atoms with Crippen molar-refractivity contribution in [2.24, 2.45) is 5.92 Å². The van der Waals surface area contributed by atoms with E-state index < -0.39 is 0 Å². The molecule has 0 bridgehead atoms. The van der Waals surface area contributed by atoms with Crippen molar-refractivity contribution < 1.29 is 5.11 Å². The lowest BCUT2D eigenvalue weighted by Crippen LogP contribution is -2.25. The molecule has 1 aromatic rings. The molecule has 0 aromatic carbocycles. The van der Waals surface area contributed by atoms with E-state index in [0.29, 0.717) is 11.7 Å². The molecule has 0 fully saturated rings. The van der Waals surface area contributed by atoms with Gasteiger partial charge in [0.2, 0.25) is 0 Å². The number of rotatable bonds is 5. The zero-order valence-electron chi connectivity index (χ0n) is 12.7. The van der Waals surface area contributed by atoms with Crippen LogP contribution in [0.5, 0.6) is 5.75 Å². The van der Waals surface area contributed by atoms with Gasteiger partial charge >= 0.3 is 0 Å². The lowest BCUT2D eigenvalue weighted by atomic mass is 10.1. The van der Waals surface area contributed by atoms with Crippen molar-refractivity contribution >= 4 is 0 Å². The molecule has 0 atom stereocenters. The molecule has 0 radical (unpaired) electrons. The minimum absolute atomic E-state index is 0.0736. The zero-order valence-corrected chi connectivity index (χ0v) is 12.7. The Kier molecular flexibility index (Phi) is 4.83. The molecular formula is C15H28N2O. The lowest BCUT2D eigenvalue weighted by molar-refractivity contribution is 0.336. The average Bonchev–Trinajstić information content (AvgIpc) is 2.52. The molecule has 0 saturated carbocycles. The molecule has 0 aliphatic carbocycles. The van der Waals surface area contributed by atoms with E-state index >= 15 is 0 Å². The molecule has 1 heterocycles. The molecule has 0 unspecified atom stereocenters. The highest BCUT2D eigenvalue weighted by Crippen LogP contribution is 2.30. The fraction of sp³-hybridized carbons (Fsp3) is 0.800. The van der Waals surface area contributed by atoms with Crippen LogP contribution in [0.4, 0.5) is 0 Å². The van der Waals surface area contributed by atoms with E-state index in [1.165, 1.54) is 0 Å². The molecule has 1 aromatic heterocycles. The van der Waals surface area contributed by atoms with Crippen LogP contribution < -0.4 is 0 Å². The van der Waals surface area contributed by atoms with Gasteiger partial charge in [-0.25, -0.2) is 0 Å². The van der Waals surface area contributed by atoms with Crippen LogP contribution >= 0.6 is 0 Å². The molecule has 1 N–H and O–H groups in total. The normalized spacial score (nSPS) is 12.4. The summed E-state index contributed by atoms with van der Waals surface area (Å²) < 4.78 is 2.01. The maximum atomic E-state index is 10.4. The predicted molar refractivity (Wildman–Crippen MR) is 76.0 cm³/mol. The van der Waals surface area contributed by atoms with Gasteiger partial charge in [-0.3, -0.25) is 4.68 Å². The number of unbranched alkanes of at least 4 members (excludes halogenated alkanes) is 1.